The quantitative estimate of drug-likeness (QED) is 0.0431. The summed E-state index contributed by atoms with van der Waals surface area (Å²) in [6.45, 7) is 5.68. The van der Waals surface area contributed by atoms with Crippen LogP contribution in [0.3, 0.4) is 0 Å². The number of carbonyl (C=O) groups excluding carboxylic acids is 3. The van der Waals surface area contributed by atoms with E-state index in [9.17, 15) is 14.4 Å². The van der Waals surface area contributed by atoms with Crippen LogP contribution in [0.25, 0.3) is 0 Å². The van der Waals surface area contributed by atoms with Crippen molar-refractivity contribution in [3.8, 4) is 23.0 Å². The highest BCUT2D eigenvalue weighted by atomic mass is 16.6. The molecule has 0 atom stereocenters. The van der Waals surface area contributed by atoms with Gasteiger partial charge in [0, 0.05) is 31.9 Å². The van der Waals surface area contributed by atoms with E-state index in [4.69, 9.17) is 23.7 Å². The van der Waals surface area contributed by atoms with E-state index in [1.165, 1.54) is 43.9 Å². The number of nitrogens with zero attached hydrogens (tertiary/aromatic N) is 2. The fraction of sp³-hybridized carbons (Fsp3) is 0.350. The van der Waals surface area contributed by atoms with E-state index in [-0.39, 0.29) is 29.2 Å². The molecule has 0 bridgehead atoms. The van der Waals surface area contributed by atoms with Crippen molar-refractivity contribution in [2.45, 2.75) is 58.9 Å². The second-order valence-corrected chi connectivity index (χ2v) is 11.9. The van der Waals surface area contributed by atoms with E-state index >= 15 is 0 Å². The van der Waals surface area contributed by atoms with Gasteiger partial charge in [0.2, 0.25) is 0 Å². The van der Waals surface area contributed by atoms with Crippen molar-refractivity contribution in [3.05, 3.63) is 108 Å². The summed E-state index contributed by atoms with van der Waals surface area (Å²) in [6.07, 6.45) is 11.0. The van der Waals surface area contributed by atoms with Crippen LogP contribution in [-0.2, 0) is 11.3 Å². The third kappa shape index (κ3) is 11.6. The summed E-state index contributed by atoms with van der Waals surface area (Å²) in [5.74, 6) is -0.683. The second kappa shape index (κ2) is 19.6. The van der Waals surface area contributed by atoms with Gasteiger partial charge in [0.1, 0.15) is 35.2 Å². The zero-order valence-electron chi connectivity index (χ0n) is 29.4. The van der Waals surface area contributed by atoms with E-state index in [0.717, 1.165) is 18.5 Å². The molecule has 0 amide bonds. The lowest BCUT2D eigenvalue weighted by atomic mass is 10.1. The predicted molar refractivity (Wildman–Crippen MR) is 191 cm³/mol. The Morgan fingerprint density at radius 2 is 1.18 bits per heavy atom. The Morgan fingerprint density at radius 1 is 0.620 bits per heavy atom. The predicted octanol–water partition coefficient (Wildman–Crippen LogP) is 7.47. The van der Waals surface area contributed by atoms with E-state index < -0.39 is 17.9 Å². The minimum atomic E-state index is -0.724. The van der Waals surface area contributed by atoms with Crippen LogP contribution in [0.15, 0.2) is 91.3 Å². The maximum atomic E-state index is 13.0. The minimum absolute atomic E-state index is 0.0299. The topological polar surface area (TPSA) is 104 Å². The highest BCUT2D eigenvalue weighted by molar-refractivity contribution is 5.97. The van der Waals surface area contributed by atoms with Crippen LogP contribution in [0.1, 0.15) is 83.4 Å². The van der Waals surface area contributed by atoms with Crippen LogP contribution in [0.5, 0.6) is 23.0 Å². The summed E-state index contributed by atoms with van der Waals surface area (Å²) < 4.78 is 30.0. The highest BCUT2D eigenvalue weighted by Gasteiger charge is 2.20. The van der Waals surface area contributed by atoms with E-state index in [1.807, 2.05) is 48.1 Å². The molecule has 0 unspecified atom stereocenters. The second-order valence-electron chi connectivity index (χ2n) is 11.9. The number of carbonyl (C=O) groups is 3. The summed E-state index contributed by atoms with van der Waals surface area (Å²) in [6, 6.07) is 21.5. The first-order chi connectivity index (χ1) is 24.3. The van der Waals surface area contributed by atoms with Gasteiger partial charge < -0.3 is 28.6 Å². The third-order valence-corrected chi connectivity index (χ3v) is 7.81. The van der Waals surface area contributed by atoms with Crippen LogP contribution < -0.4 is 28.4 Å². The van der Waals surface area contributed by atoms with Gasteiger partial charge in [-0.3, -0.25) is 0 Å². The van der Waals surface area contributed by atoms with Crippen molar-refractivity contribution in [2.24, 2.45) is 0 Å². The van der Waals surface area contributed by atoms with Gasteiger partial charge in [0.15, 0.2) is 18.9 Å². The molecule has 0 spiro atoms. The zero-order chi connectivity index (χ0) is 35.7. The van der Waals surface area contributed by atoms with E-state index in [0.29, 0.717) is 36.8 Å². The van der Waals surface area contributed by atoms with Crippen LogP contribution >= 0.6 is 0 Å². The summed E-state index contributed by atoms with van der Waals surface area (Å²) in [5.41, 5.74) is 1.63. The Hall–Kier alpha value is -5.38. The number of benzene rings is 3. The SMILES string of the molecule is CCCCCCCCOc1ccc(C(=O)Oc2ccc(OC(=O)c3ccc(OCC[n+]4ccc(N(C)C)cc4)cc3)c(C(=O)OCC)c2)cc1. The fourth-order valence-corrected chi connectivity index (χ4v) is 4.97. The summed E-state index contributed by atoms with van der Waals surface area (Å²) in [4.78, 5) is 40.8. The van der Waals surface area contributed by atoms with Crippen molar-refractivity contribution >= 4 is 23.6 Å². The Balaban J connectivity index is 1.31. The lowest BCUT2D eigenvalue weighted by Crippen LogP contribution is -2.35. The molecule has 0 radical (unpaired) electrons. The number of hydrogen-bond acceptors (Lipinski definition) is 9. The molecule has 0 aliphatic carbocycles. The molecule has 0 saturated carbocycles. The Bertz CT molecular complexity index is 1670. The van der Waals surface area contributed by atoms with Gasteiger partial charge in [-0.2, -0.15) is 0 Å². The molecular weight excluding hydrogens is 636 g/mol. The highest BCUT2D eigenvalue weighted by Crippen LogP contribution is 2.27. The maximum absolute atomic E-state index is 13.0. The fourth-order valence-electron chi connectivity index (χ4n) is 4.97. The number of pyridine rings is 1. The lowest BCUT2D eigenvalue weighted by molar-refractivity contribution is -0.697. The van der Waals surface area contributed by atoms with Crippen molar-refractivity contribution < 1.29 is 42.6 Å². The number of esters is 3. The van der Waals surface area contributed by atoms with Gasteiger partial charge in [0.05, 0.1) is 24.3 Å². The minimum Gasteiger partial charge on any atom is -0.494 e. The first-order valence-corrected chi connectivity index (χ1v) is 17.1. The monoisotopic (exact) mass is 683 g/mol. The Kier molecular flexibility index (Phi) is 14.7. The van der Waals surface area contributed by atoms with Gasteiger partial charge >= 0.3 is 17.9 Å². The molecule has 3 aromatic carbocycles. The molecule has 0 N–H and O–H groups in total. The number of unbranched alkanes of at least 4 members (excludes halogenated alkanes) is 5. The van der Waals surface area contributed by atoms with Crippen molar-refractivity contribution in [1.29, 1.82) is 0 Å². The number of aromatic nitrogens is 1. The van der Waals surface area contributed by atoms with Gasteiger partial charge in [-0.1, -0.05) is 39.0 Å². The summed E-state index contributed by atoms with van der Waals surface area (Å²) in [5, 5.41) is 0. The summed E-state index contributed by atoms with van der Waals surface area (Å²) in [7, 11) is 3.98. The molecule has 4 aromatic rings. The molecule has 1 aromatic heterocycles. The van der Waals surface area contributed by atoms with Gasteiger partial charge in [-0.05, 0) is 80.1 Å². The van der Waals surface area contributed by atoms with Crippen LogP contribution in [-0.4, -0.2) is 51.8 Å². The van der Waals surface area contributed by atoms with Crippen LogP contribution in [0.2, 0.25) is 0 Å². The summed E-state index contributed by atoms with van der Waals surface area (Å²) >= 11 is 0. The molecule has 4 rings (SSSR count). The van der Waals surface area contributed by atoms with Crippen molar-refractivity contribution in [1.82, 2.24) is 0 Å². The number of ether oxygens (including phenoxy) is 5. The zero-order valence-corrected chi connectivity index (χ0v) is 29.4. The number of hydrogen-bond donors (Lipinski definition) is 0. The first-order valence-electron chi connectivity index (χ1n) is 17.1. The normalized spacial score (nSPS) is 10.6. The molecule has 10 nitrogen and oxygen atoms in total. The molecule has 10 heteroatoms. The lowest BCUT2D eigenvalue weighted by Gasteiger charge is -2.12. The van der Waals surface area contributed by atoms with Crippen molar-refractivity contribution in [2.75, 3.05) is 38.8 Å². The van der Waals surface area contributed by atoms with Gasteiger partial charge in [0.25, 0.3) is 0 Å². The molecule has 264 valence electrons. The molecule has 1 heterocycles. The standard InChI is InChI=1S/C40H47N2O8/c1-5-7-8-9-10-11-27-47-33-16-12-30(13-17-33)38(43)49-35-20-21-37(36(29-35)40(45)46-6-2)50-39(44)31-14-18-34(19-15-31)48-28-26-42-24-22-32(23-25-42)41(3)4/h12-25,29H,5-11,26-28H2,1-4H3/q+1. The Morgan fingerprint density at radius 3 is 1.78 bits per heavy atom. The van der Waals surface area contributed by atoms with Gasteiger partial charge in [-0.15, -0.1) is 0 Å². The average Bonchev–Trinajstić information content (AvgIpc) is 3.12. The van der Waals surface area contributed by atoms with E-state index in [2.05, 4.69) is 6.92 Å². The molecule has 50 heavy (non-hydrogen) atoms. The molecule has 0 aliphatic heterocycles. The average molecular weight is 684 g/mol. The third-order valence-electron chi connectivity index (χ3n) is 7.81. The van der Waals surface area contributed by atoms with Crippen molar-refractivity contribution in [3.63, 3.8) is 0 Å². The largest absolute Gasteiger partial charge is 0.494 e. The smallest absolute Gasteiger partial charge is 0.343 e. The molecular formula is C40H47N2O8+. The first kappa shape index (κ1) is 37.4. The maximum Gasteiger partial charge on any atom is 0.343 e. The number of anilines is 1. The van der Waals surface area contributed by atoms with Gasteiger partial charge in [-0.25, -0.2) is 19.0 Å². The van der Waals surface area contributed by atoms with E-state index in [1.54, 1.807) is 55.5 Å². The van der Waals surface area contributed by atoms with Crippen LogP contribution in [0.4, 0.5) is 5.69 Å². The molecule has 0 aliphatic rings. The number of rotatable bonds is 19. The Labute approximate surface area is 294 Å². The van der Waals surface area contributed by atoms with Crippen LogP contribution in [0, 0.1) is 0 Å². The molecule has 0 saturated heterocycles. The molecule has 0 fully saturated rings.